The summed E-state index contributed by atoms with van der Waals surface area (Å²) in [5, 5.41) is 0.626. The topological polar surface area (TPSA) is 17.1 Å². The van der Waals surface area contributed by atoms with E-state index < -0.39 is 0 Å². The molecular weight excluding hydrogens is 391 g/mol. The quantitative estimate of drug-likeness (QED) is 0.493. The molecule has 0 unspecified atom stereocenters. The highest BCUT2D eigenvalue weighted by Crippen LogP contribution is 2.33. The third kappa shape index (κ3) is 3.68. The molecule has 0 saturated heterocycles. The van der Waals surface area contributed by atoms with Gasteiger partial charge in [-0.15, -0.1) is 0 Å². The van der Waals surface area contributed by atoms with Crippen LogP contribution < -0.4 is 0 Å². The molecule has 0 aliphatic heterocycles. The zero-order chi connectivity index (χ0) is 13.8. The average molecular weight is 403 g/mol. The maximum Gasteiger partial charge on any atom is 0.177 e. The van der Waals surface area contributed by atoms with E-state index in [0.717, 1.165) is 5.56 Å². The van der Waals surface area contributed by atoms with Gasteiger partial charge >= 0.3 is 0 Å². The van der Waals surface area contributed by atoms with Gasteiger partial charge in [0.05, 0.1) is 9.65 Å². The van der Waals surface area contributed by atoms with E-state index in [0.29, 0.717) is 10.6 Å². The molecule has 0 saturated carbocycles. The number of alkyl halides is 2. The fraction of sp³-hybridized carbons (Fsp3) is 0.133. The van der Waals surface area contributed by atoms with Crippen LogP contribution in [0.5, 0.6) is 0 Å². The molecule has 0 N–H and O–H groups in total. The van der Waals surface area contributed by atoms with Gasteiger partial charge in [0.1, 0.15) is 0 Å². The summed E-state index contributed by atoms with van der Waals surface area (Å²) in [6.45, 7) is 0. The van der Waals surface area contributed by atoms with Crippen molar-refractivity contribution in [1.29, 1.82) is 0 Å². The summed E-state index contributed by atoms with van der Waals surface area (Å²) in [6, 6.07) is 16.8. The van der Waals surface area contributed by atoms with Gasteiger partial charge in [0.15, 0.2) is 5.78 Å². The van der Waals surface area contributed by atoms with Crippen molar-refractivity contribution in [1.82, 2.24) is 0 Å². The van der Waals surface area contributed by atoms with E-state index >= 15 is 0 Å². The van der Waals surface area contributed by atoms with Gasteiger partial charge in [0.2, 0.25) is 0 Å². The van der Waals surface area contributed by atoms with Gasteiger partial charge < -0.3 is 0 Å². The molecule has 2 aromatic rings. The fourth-order valence-corrected chi connectivity index (χ4v) is 2.95. The predicted molar refractivity (Wildman–Crippen MR) is 86.6 cm³/mol. The van der Waals surface area contributed by atoms with Crippen LogP contribution in [0.15, 0.2) is 54.6 Å². The SMILES string of the molecule is O=C(c1ccc(Cl)cc1)[C@H](Br)[C@@H](Br)c1ccccc1. The lowest BCUT2D eigenvalue weighted by Gasteiger charge is -2.16. The molecular formula is C15H11Br2ClO. The summed E-state index contributed by atoms with van der Waals surface area (Å²) in [7, 11) is 0. The maximum absolute atomic E-state index is 12.4. The van der Waals surface area contributed by atoms with Crippen molar-refractivity contribution in [3.8, 4) is 0 Å². The Labute approximate surface area is 134 Å². The summed E-state index contributed by atoms with van der Waals surface area (Å²) in [5.74, 6) is 0.0300. The molecule has 0 radical (unpaired) electrons. The highest BCUT2D eigenvalue weighted by Gasteiger charge is 2.25. The minimum Gasteiger partial charge on any atom is -0.293 e. The predicted octanol–water partition coefficient (Wildman–Crippen LogP) is 5.42. The molecule has 2 atom stereocenters. The first kappa shape index (κ1) is 14.8. The number of hydrogen-bond acceptors (Lipinski definition) is 1. The van der Waals surface area contributed by atoms with Crippen molar-refractivity contribution in [2.75, 3.05) is 0 Å². The lowest BCUT2D eigenvalue weighted by atomic mass is 10.0. The summed E-state index contributed by atoms with van der Waals surface area (Å²) in [6.07, 6.45) is 0. The van der Waals surface area contributed by atoms with Gasteiger partial charge in [-0.2, -0.15) is 0 Å². The second-order valence-electron chi connectivity index (χ2n) is 4.09. The van der Waals surface area contributed by atoms with Crippen LogP contribution in [-0.2, 0) is 0 Å². The average Bonchev–Trinajstić information content (AvgIpc) is 2.46. The second kappa shape index (κ2) is 6.69. The van der Waals surface area contributed by atoms with Gasteiger partial charge in [-0.25, -0.2) is 0 Å². The van der Waals surface area contributed by atoms with E-state index in [1.807, 2.05) is 30.3 Å². The van der Waals surface area contributed by atoms with Crippen molar-refractivity contribution >= 4 is 49.2 Å². The van der Waals surface area contributed by atoms with Crippen molar-refractivity contribution in [3.05, 3.63) is 70.7 Å². The van der Waals surface area contributed by atoms with Gasteiger partial charge in [-0.1, -0.05) is 73.8 Å². The van der Waals surface area contributed by atoms with Crippen molar-refractivity contribution in [2.24, 2.45) is 0 Å². The third-order valence-corrected chi connectivity index (χ3v) is 5.72. The van der Waals surface area contributed by atoms with E-state index in [9.17, 15) is 4.79 Å². The lowest BCUT2D eigenvalue weighted by molar-refractivity contribution is 0.0991. The molecule has 0 aliphatic rings. The Balaban J connectivity index is 2.17. The molecule has 0 bridgehead atoms. The molecule has 0 spiro atoms. The smallest absolute Gasteiger partial charge is 0.177 e. The number of carbonyl (C=O) groups excluding carboxylic acids is 1. The minimum atomic E-state index is -0.323. The summed E-state index contributed by atoms with van der Waals surface area (Å²) in [5.41, 5.74) is 1.71. The highest BCUT2D eigenvalue weighted by molar-refractivity contribution is 9.12. The molecule has 0 aliphatic carbocycles. The number of halogens is 3. The number of hydrogen-bond donors (Lipinski definition) is 0. The monoisotopic (exact) mass is 400 g/mol. The summed E-state index contributed by atoms with van der Waals surface area (Å²) >= 11 is 12.9. The van der Waals surface area contributed by atoms with Gasteiger partial charge in [-0.3, -0.25) is 4.79 Å². The first-order valence-corrected chi connectivity index (χ1v) is 7.93. The Morgan fingerprint density at radius 1 is 0.947 bits per heavy atom. The molecule has 0 heterocycles. The van der Waals surface area contributed by atoms with E-state index in [2.05, 4.69) is 31.9 Å². The molecule has 2 aromatic carbocycles. The van der Waals surface area contributed by atoms with Crippen LogP contribution in [-0.4, -0.2) is 10.6 Å². The van der Waals surface area contributed by atoms with E-state index in [1.165, 1.54) is 0 Å². The molecule has 0 fully saturated rings. The first-order chi connectivity index (χ1) is 9.09. The Morgan fingerprint density at radius 2 is 1.53 bits per heavy atom. The largest absolute Gasteiger partial charge is 0.293 e. The Kier molecular flexibility index (Phi) is 5.20. The molecule has 2 rings (SSSR count). The fourth-order valence-electron chi connectivity index (χ4n) is 1.71. The number of Topliss-reactive ketones (excluding diaryl/α,β-unsaturated/α-hetero) is 1. The van der Waals surface area contributed by atoms with Crippen molar-refractivity contribution in [3.63, 3.8) is 0 Å². The third-order valence-electron chi connectivity index (χ3n) is 2.75. The van der Waals surface area contributed by atoms with Crippen LogP contribution in [0.3, 0.4) is 0 Å². The molecule has 4 heteroatoms. The maximum atomic E-state index is 12.4. The Bertz CT molecular complexity index is 554. The molecule has 1 nitrogen and oxygen atoms in total. The molecule has 19 heavy (non-hydrogen) atoms. The molecule has 98 valence electrons. The zero-order valence-corrected chi connectivity index (χ0v) is 13.8. The van der Waals surface area contributed by atoms with E-state index in [1.54, 1.807) is 24.3 Å². The first-order valence-electron chi connectivity index (χ1n) is 5.72. The van der Waals surface area contributed by atoms with Crippen LogP contribution in [0.1, 0.15) is 20.7 Å². The van der Waals surface area contributed by atoms with Crippen LogP contribution in [0.25, 0.3) is 0 Å². The summed E-state index contributed by atoms with van der Waals surface area (Å²) < 4.78 is 0. The van der Waals surface area contributed by atoms with E-state index in [4.69, 9.17) is 11.6 Å². The van der Waals surface area contributed by atoms with Gasteiger partial charge in [0, 0.05) is 10.6 Å². The standard InChI is InChI=1S/C15H11Br2ClO/c16-13(10-4-2-1-3-5-10)14(17)15(19)11-6-8-12(18)9-7-11/h1-9,13-14H/t13-,14+/m0/s1. The Hall–Kier alpha value is -0.640. The van der Waals surface area contributed by atoms with E-state index in [-0.39, 0.29) is 15.4 Å². The minimum absolute atomic E-state index is 0.0300. The zero-order valence-electron chi connectivity index (χ0n) is 9.89. The van der Waals surface area contributed by atoms with Crippen molar-refractivity contribution in [2.45, 2.75) is 9.65 Å². The number of benzene rings is 2. The number of carbonyl (C=O) groups is 1. The molecule has 0 amide bonds. The lowest BCUT2D eigenvalue weighted by Crippen LogP contribution is -2.19. The second-order valence-corrected chi connectivity index (χ2v) is 6.49. The summed E-state index contributed by atoms with van der Waals surface area (Å²) in [4.78, 5) is 12.0. The van der Waals surface area contributed by atoms with Gasteiger partial charge in [0.25, 0.3) is 0 Å². The van der Waals surface area contributed by atoms with Crippen LogP contribution in [0.2, 0.25) is 5.02 Å². The Morgan fingerprint density at radius 3 is 2.11 bits per heavy atom. The molecule has 0 aromatic heterocycles. The number of ketones is 1. The highest BCUT2D eigenvalue weighted by atomic mass is 79.9. The van der Waals surface area contributed by atoms with Gasteiger partial charge in [-0.05, 0) is 29.8 Å². The van der Waals surface area contributed by atoms with Crippen LogP contribution in [0, 0.1) is 0 Å². The van der Waals surface area contributed by atoms with Crippen molar-refractivity contribution < 1.29 is 4.79 Å². The number of rotatable bonds is 4. The van der Waals surface area contributed by atoms with Crippen LogP contribution in [0.4, 0.5) is 0 Å². The van der Waals surface area contributed by atoms with Crippen LogP contribution >= 0.6 is 43.5 Å². The normalized spacial score (nSPS) is 13.8.